The fraction of sp³-hybridized carbons (Fsp3) is 0.450. The molecule has 1 fully saturated rings. The zero-order valence-corrected chi connectivity index (χ0v) is 15.7. The predicted molar refractivity (Wildman–Crippen MR) is 102 cm³/mol. The lowest BCUT2D eigenvalue weighted by atomic mass is 9.86. The minimum atomic E-state index is -3.46. The Morgan fingerprint density at radius 1 is 1.19 bits per heavy atom. The average molecular weight is 378 g/mol. The van der Waals surface area contributed by atoms with Gasteiger partial charge in [0.15, 0.2) is 0 Å². The lowest BCUT2D eigenvalue weighted by Crippen LogP contribution is -2.38. The van der Waals surface area contributed by atoms with Gasteiger partial charge in [-0.2, -0.15) is 0 Å². The van der Waals surface area contributed by atoms with Gasteiger partial charge in [0, 0.05) is 12.5 Å². The number of carboxylic acids is 1. The van der Waals surface area contributed by atoms with Crippen molar-refractivity contribution in [3.8, 4) is 0 Å². The van der Waals surface area contributed by atoms with Crippen molar-refractivity contribution < 1.29 is 18.3 Å². The molecule has 0 heterocycles. The smallest absolute Gasteiger partial charge is 0.303 e. The third kappa shape index (κ3) is 7.14. The Hall–Kier alpha value is -1.92. The number of aliphatic carboxylic acids is 1. The molecule has 2 rings (SSSR count). The average Bonchev–Trinajstić information content (AvgIpc) is 2.61. The summed E-state index contributed by atoms with van der Waals surface area (Å²) in [7, 11) is -3.46. The molecule has 1 aliphatic rings. The number of rotatable bonds is 9. The molecule has 1 aliphatic carbocycles. The second kappa shape index (κ2) is 10.3. The maximum absolute atomic E-state index is 12.4. The van der Waals surface area contributed by atoms with E-state index >= 15 is 0 Å². The van der Waals surface area contributed by atoms with Crippen LogP contribution in [0.1, 0.15) is 44.9 Å². The van der Waals surface area contributed by atoms with E-state index in [1.807, 2.05) is 18.2 Å². The molecular weight excluding hydrogens is 350 g/mol. The molecule has 0 aromatic heterocycles. The van der Waals surface area contributed by atoms with Gasteiger partial charge in [-0.25, -0.2) is 13.1 Å². The zero-order chi connectivity index (χ0) is 18.8. The summed E-state index contributed by atoms with van der Waals surface area (Å²) in [4.78, 5) is 10.7. The number of sulfonamides is 1. The van der Waals surface area contributed by atoms with Gasteiger partial charge in [-0.05, 0) is 50.2 Å². The molecule has 0 spiro atoms. The molecule has 0 bridgehead atoms. The number of benzene rings is 1. The summed E-state index contributed by atoms with van der Waals surface area (Å²) >= 11 is 0. The van der Waals surface area contributed by atoms with E-state index in [4.69, 9.17) is 5.11 Å². The number of unbranched alkanes of at least 4 members (excludes halogenated alkanes) is 1. The summed E-state index contributed by atoms with van der Waals surface area (Å²) in [5, 5.41) is 8.58. The molecule has 6 heteroatoms. The van der Waals surface area contributed by atoms with Crippen LogP contribution in [0.15, 0.2) is 59.5 Å². The van der Waals surface area contributed by atoms with E-state index in [9.17, 15) is 13.2 Å². The predicted octanol–water partition coefficient (Wildman–Crippen LogP) is 3.89. The van der Waals surface area contributed by atoms with Crippen LogP contribution in [0.25, 0.3) is 0 Å². The Bertz CT molecular complexity index is 725. The molecule has 1 aromatic carbocycles. The Morgan fingerprint density at radius 2 is 1.96 bits per heavy atom. The van der Waals surface area contributed by atoms with Gasteiger partial charge in [-0.15, -0.1) is 0 Å². The van der Waals surface area contributed by atoms with Crippen LogP contribution in [0, 0.1) is 5.92 Å². The minimum absolute atomic E-state index is 0.0387. The Morgan fingerprint density at radius 3 is 2.69 bits per heavy atom. The third-order valence-electron chi connectivity index (χ3n) is 4.48. The van der Waals surface area contributed by atoms with Crippen LogP contribution in [0.2, 0.25) is 0 Å². The molecule has 5 nitrogen and oxygen atoms in total. The highest BCUT2D eigenvalue weighted by atomic mass is 32.2. The Labute approximate surface area is 155 Å². The maximum Gasteiger partial charge on any atom is 0.303 e. The van der Waals surface area contributed by atoms with E-state index in [2.05, 4.69) is 10.8 Å². The van der Waals surface area contributed by atoms with Crippen LogP contribution >= 0.6 is 0 Å². The Balaban J connectivity index is 1.80. The van der Waals surface area contributed by atoms with E-state index in [1.165, 1.54) is 0 Å². The van der Waals surface area contributed by atoms with Gasteiger partial charge in [0.2, 0.25) is 10.0 Å². The van der Waals surface area contributed by atoms with Gasteiger partial charge in [-0.3, -0.25) is 4.79 Å². The first-order chi connectivity index (χ1) is 12.5. The number of carbonyl (C=O) groups is 1. The van der Waals surface area contributed by atoms with Crippen molar-refractivity contribution in [2.24, 2.45) is 5.92 Å². The quantitative estimate of drug-likeness (QED) is 0.505. The fourth-order valence-corrected chi connectivity index (χ4v) is 4.47. The van der Waals surface area contributed by atoms with Gasteiger partial charge in [0.05, 0.1) is 4.90 Å². The maximum atomic E-state index is 12.4. The second-order valence-electron chi connectivity index (χ2n) is 6.66. The molecule has 2 atom stereocenters. The van der Waals surface area contributed by atoms with Crippen molar-refractivity contribution in [3.63, 3.8) is 0 Å². The standard InChI is InChI=1S/C20H27NO4S/c22-20(23)15-8-3-1-2-5-10-17-11-9-12-18(16-17)21-26(24,25)19-13-6-4-7-14-19/h1-2,4-7,10,13-14,17-18,21H,3,8-9,11-12,15-16H2,(H,22,23)/b2-1-,10-5+. The van der Waals surface area contributed by atoms with E-state index in [0.29, 0.717) is 17.2 Å². The first kappa shape index (κ1) is 20.4. The highest BCUT2D eigenvalue weighted by molar-refractivity contribution is 7.89. The van der Waals surface area contributed by atoms with Gasteiger partial charge < -0.3 is 5.11 Å². The van der Waals surface area contributed by atoms with Crippen LogP contribution in [-0.2, 0) is 14.8 Å². The van der Waals surface area contributed by atoms with Crippen molar-refractivity contribution in [1.82, 2.24) is 4.72 Å². The molecule has 0 aliphatic heterocycles. The fourth-order valence-electron chi connectivity index (χ4n) is 3.16. The summed E-state index contributed by atoms with van der Waals surface area (Å²) in [5.74, 6) is -0.406. The van der Waals surface area contributed by atoms with Crippen molar-refractivity contribution >= 4 is 16.0 Å². The SMILES string of the molecule is O=C(O)CCC/C=C\C=C\C1CCCC(NS(=O)(=O)c2ccccc2)C1. The molecule has 0 amide bonds. The molecule has 1 saturated carbocycles. The summed E-state index contributed by atoms with van der Waals surface area (Å²) in [6.07, 6.45) is 13.3. The van der Waals surface area contributed by atoms with Crippen LogP contribution < -0.4 is 4.72 Å². The first-order valence-corrected chi connectivity index (χ1v) is 10.6. The van der Waals surface area contributed by atoms with Crippen molar-refractivity contribution in [2.45, 2.75) is 55.9 Å². The van der Waals surface area contributed by atoms with Crippen LogP contribution in [0.5, 0.6) is 0 Å². The van der Waals surface area contributed by atoms with Crippen LogP contribution in [-0.4, -0.2) is 25.5 Å². The normalized spacial score (nSPS) is 21.4. The first-order valence-electron chi connectivity index (χ1n) is 9.10. The molecule has 0 radical (unpaired) electrons. The van der Waals surface area contributed by atoms with E-state index in [1.54, 1.807) is 30.3 Å². The van der Waals surface area contributed by atoms with Gasteiger partial charge in [-0.1, -0.05) is 48.9 Å². The summed E-state index contributed by atoms with van der Waals surface area (Å²) < 4.78 is 27.7. The summed E-state index contributed by atoms with van der Waals surface area (Å²) in [6, 6.07) is 8.43. The van der Waals surface area contributed by atoms with Gasteiger partial charge >= 0.3 is 5.97 Å². The van der Waals surface area contributed by atoms with Crippen LogP contribution in [0.4, 0.5) is 0 Å². The molecule has 142 valence electrons. The number of carboxylic acid groups (broad SMARTS) is 1. The minimum Gasteiger partial charge on any atom is -0.481 e. The number of allylic oxidation sites excluding steroid dienone is 4. The zero-order valence-electron chi connectivity index (χ0n) is 14.9. The summed E-state index contributed by atoms with van der Waals surface area (Å²) in [6.45, 7) is 0. The monoisotopic (exact) mass is 377 g/mol. The van der Waals surface area contributed by atoms with Crippen molar-refractivity contribution in [1.29, 1.82) is 0 Å². The summed E-state index contributed by atoms with van der Waals surface area (Å²) in [5.41, 5.74) is 0. The third-order valence-corrected chi connectivity index (χ3v) is 6.02. The number of nitrogens with one attached hydrogen (secondary N) is 1. The second-order valence-corrected chi connectivity index (χ2v) is 8.37. The van der Waals surface area contributed by atoms with Crippen molar-refractivity contribution in [3.05, 3.63) is 54.6 Å². The highest BCUT2D eigenvalue weighted by Gasteiger charge is 2.25. The van der Waals surface area contributed by atoms with Gasteiger partial charge in [0.1, 0.15) is 0 Å². The molecule has 1 aromatic rings. The topological polar surface area (TPSA) is 83.5 Å². The molecular formula is C20H27NO4S. The highest BCUT2D eigenvalue weighted by Crippen LogP contribution is 2.26. The van der Waals surface area contributed by atoms with E-state index in [0.717, 1.165) is 32.1 Å². The molecule has 0 saturated heterocycles. The Kier molecular flexibility index (Phi) is 8.06. The lowest BCUT2D eigenvalue weighted by molar-refractivity contribution is -0.137. The molecule has 2 N–H and O–H groups in total. The van der Waals surface area contributed by atoms with E-state index < -0.39 is 16.0 Å². The van der Waals surface area contributed by atoms with Gasteiger partial charge in [0.25, 0.3) is 0 Å². The molecule has 2 unspecified atom stereocenters. The lowest BCUT2D eigenvalue weighted by Gasteiger charge is -2.27. The number of hydrogen-bond acceptors (Lipinski definition) is 3. The van der Waals surface area contributed by atoms with Crippen molar-refractivity contribution in [2.75, 3.05) is 0 Å². The number of hydrogen-bond donors (Lipinski definition) is 2. The van der Waals surface area contributed by atoms with Crippen LogP contribution in [0.3, 0.4) is 0 Å². The van der Waals surface area contributed by atoms with E-state index in [-0.39, 0.29) is 12.5 Å². The largest absolute Gasteiger partial charge is 0.481 e. The molecule has 26 heavy (non-hydrogen) atoms.